The van der Waals surface area contributed by atoms with Gasteiger partial charge in [-0.3, -0.25) is 9.69 Å². The quantitative estimate of drug-likeness (QED) is 0.0754. The number of aliphatic hydroxyl groups is 1. The number of nitrogens with one attached hydrogen (secondary N) is 2. The molecule has 7 N–H and O–H groups in total. The molecule has 1 atom stereocenters. The molecule has 274 valence electrons. The van der Waals surface area contributed by atoms with Gasteiger partial charge in [-0.25, -0.2) is 9.48 Å². The van der Waals surface area contributed by atoms with Gasteiger partial charge in [0.05, 0.1) is 22.8 Å². The van der Waals surface area contributed by atoms with E-state index >= 15 is 0 Å². The molecule has 53 heavy (non-hydrogen) atoms. The number of anilines is 1. The SMILES string of the molecule is NC1CCC(N(C(=O)O)c2cc(CCCCn3nnc4cc(CNCC(O)c5ccc(O)c6[nH]c(=O)ccc56)ccc43)ccc2-c2ccccc2)CC1. The average molecular weight is 716 g/mol. The number of amides is 1. The average Bonchev–Trinajstić information content (AvgIpc) is 3.57. The number of hydrogen-bond donors (Lipinski definition) is 6. The van der Waals surface area contributed by atoms with Crippen molar-refractivity contribution in [3.8, 4) is 16.9 Å². The van der Waals surface area contributed by atoms with E-state index in [1.807, 2.05) is 53.2 Å². The maximum absolute atomic E-state index is 12.7. The summed E-state index contributed by atoms with van der Waals surface area (Å²) in [5, 5.41) is 44.2. The molecule has 1 unspecified atom stereocenters. The first-order valence-corrected chi connectivity index (χ1v) is 18.3. The minimum absolute atomic E-state index is 0.0453. The summed E-state index contributed by atoms with van der Waals surface area (Å²) < 4.78 is 1.92. The molecule has 1 aliphatic carbocycles. The second kappa shape index (κ2) is 16.0. The van der Waals surface area contributed by atoms with E-state index in [4.69, 9.17) is 5.73 Å². The van der Waals surface area contributed by atoms with Crippen molar-refractivity contribution in [2.75, 3.05) is 11.4 Å². The van der Waals surface area contributed by atoms with Crippen molar-refractivity contribution in [1.82, 2.24) is 25.3 Å². The predicted molar refractivity (Wildman–Crippen MR) is 206 cm³/mol. The third-order valence-electron chi connectivity index (χ3n) is 10.3. The molecule has 4 aromatic carbocycles. The molecule has 12 nitrogen and oxygen atoms in total. The number of hydrogen-bond acceptors (Lipinski definition) is 8. The second-order valence-corrected chi connectivity index (χ2v) is 14.0. The molecule has 7 rings (SSSR count). The lowest BCUT2D eigenvalue weighted by molar-refractivity contribution is 0.176. The van der Waals surface area contributed by atoms with Crippen LogP contribution in [0.25, 0.3) is 33.1 Å². The zero-order chi connectivity index (χ0) is 36.9. The highest BCUT2D eigenvalue weighted by Crippen LogP contribution is 2.36. The molecular weight excluding hydrogens is 670 g/mol. The van der Waals surface area contributed by atoms with E-state index in [9.17, 15) is 24.9 Å². The van der Waals surface area contributed by atoms with Gasteiger partial charge in [-0.05, 0) is 97.5 Å². The van der Waals surface area contributed by atoms with Crippen LogP contribution < -0.4 is 21.5 Å². The Morgan fingerprint density at radius 3 is 2.55 bits per heavy atom. The van der Waals surface area contributed by atoms with Crippen LogP contribution in [0, 0.1) is 0 Å². The van der Waals surface area contributed by atoms with Crippen molar-refractivity contribution in [2.45, 2.75) is 76.2 Å². The van der Waals surface area contributed by atoms with Crippen molar-refractivity contribution in [1.29, 1.82) is 0 Å². The molecule has 0 radical (unpaired) electrons. The van der Waals surface area contributed by atoms with Crippen LogP contribution in [-0.2, 0) is 19.5 Å². The first kappa shape index (κ1) is 35.8. The molecule has 0 bridgehead atoms. The summed E-state index contributed by atoms with van der Waals surface area (Å²) in [6.45, 7) is 1.47. The van der Waals surface area contributed by atoms with Crippen molar-refractivity contribution in [2.24, 2.45) is 5.73 Å². The molecular formula is C41H45N7O5. The Morgan fingerprint density at radius 2 is 1.75 bits per heavy atom. The first-order chi connectivity index (χ1) is 25.7. The number of phenolic OH excluding ortho intramolecular Hbond substituents is 1. The Labute approximate surface area is 306 Å². The molecule has 1 saturated carbocycles. The van der Waals surface area contributed by atoms with Crippen molar-refractivity contribution in [3.63, 3.8) is 0 Å². The molecule has 0 saturated heterocycles. The summed E-state index contributed by atoms with van der Waals surface area (Å²) in [6, 6.07) is 28.3. The van der Waals surface area contributed by atoms with Gasteiger partial charge in [-0.2, -0.15) is 0 Å². The lowest BCUT2D eigenvalue weighted by Gasteiger charge is -2.35. The lowest BCUT2D eigenvalue weighted by Crippen LogP contribution is -2.44. The van der Waals surface area contributed by atoms with Crippen molar-refractivity contribution >= 4 is 33.7 Å². The van der Waals surface area contributed by atoms with Crippen LogP contribution in [0.4, 0.5) is 10.5 Å². The van der Waals surface area contributed by atoms with E-state index in [0.29, 0.717) is 29.6 Å². The smallest absolute Gasteiger partial charge is 0.412 e. The number of aryl methyl sites for hydroxylation is 2. The van der Waals surface area contributed by atoms with Gasteiger partial charge in [0.15, 0.2) is 0 Å². The van der Waals surface area contributed by atoms with Gasteiger partial charge in [0.25, 0.3) is 0 Å². The summed E-state index contributed by atoms with van der Waals surface area (Å²) >= 11 is 0. The number of nitrogens with two attached hydrogens (primary N) is 1. The molecule has 1 aliphatic rings. The summed E-state index contributed by atoms with van der Waals surface area (Å²) in [5.41, 5.74) is 13.2. The van der Waals surface area contributed by atoms with E-state index in [1.165, 1.54) is 12.1 Å². The van der Waals surface area contributed by atoms with Crippen LogP contribution in [-0.4, -0.2) is 60.0 Å². The van der Waals surface area contributed by atoms with Crippen LogP contribution in [0.5, 0.6) is 5.75 Å². The van der Waals surface area contributed by atoms with E-state index in [-0.39, 0.29) is 29.9 Å². The molecule has 0 spiro atoms. The summed E-state index contributed by atoms with van der Waals surface area (Å²) in [6.07, 6.45) is 3.93. The number of unbranched alkanes of at least 4 members (excludes halogenated alkanes) is 1. The summed E-state index contributed by atoms with van der Waals surface area (Å²) in [5.74, 6) is -0.0453. The largest absolute Gasteiger partial charge is 0.506 e. The van der Waals surface area contributed by atoms with E-state index < -0.39 is 12.2 Å². The van der Waals surface area contributed by atoms with Crippen LogP contribution >= 0.6 is 0 Å². The number of pyridine rings is 1. The van der Waals surface area contributed by atoms with Crippen LogP contribution in [0.3, 0.4) is 0 Å². The number of fused-ring (bicyclic) bond motifs is 2. The molecule has 12 heteroatoms. The molecule has 6 aromatic rings. The minimum atomic E-state index is -0.934. The first-order valence-electron chi connectivity index (χ1n) is 18.3. The third kappa shape index (κ3) is 8.10. The van der Waals surface area contributed by atoms with Crippen LogP contribution in [0.1, 0.15) is 61.3 Å². The van der Waals surface area contributed by atoms with Gasteiger partial charge in [0.2, 0.25) is 5.56 Å². The normalized spacial score (nSPS) is 16.6. The highest BCUT2D eigenvalue weighted by Gasteiger charge is 2.30. The van der Waals surface area contributed by atoms with Crippen molar-refractivity contribution in [3.05, 3.63) is 118 Å². The van der Waals surface area contributed by atoms with E-state index in [2.05, 4.69) is 38.8 Å². The number of carboxylic acid groups (broad SMARTS) is 1. The maximum Gasteiger partial charge on any atom is 0.412 e. The van der Waals surface area contributed by atoms with Gasteiger partial charge in [-0.15, -0.1) is 5.10 Å². The molecule has 2 heterocycles. The van der Waals surface area contributed by atoms with Gasteiger partial charge in [0, 0.05) is 48.7 Å². The lowest BCUT2D eigenvalue weighted by atomic mass is 9.89. The van der Waals surface area contributed by atoms with Gasteiger partial charge < -0.3 is 31.4 Å². The number of aliphatic hydroxyl groups excluding tert-OH is 1. The Hall–Kier alpha value is -5.56. The number of rotatable bonds is 13. The highest BCUT2D eigenvalue weighted by atomic mass is 16.4. The fourth-order valence-electron chi connectivity index (χ4n) is 7.51. The van der Waals surface area contributed by atoms with E-state index in [0.717, 1.165) is 83.9 Å². The highest BCUT2D eigenvalue weighted by molar-refractivity contribution is 5.94. The molecule has 0 aliphatic heterocycles. The summed E-state index contributed by atoms with van der Waals surface area (Å²) in [4.78, 5) is 28.7. The second-order valence-electron chi connectivity index (χ2n) is 14.0. The zero-order valence-electron chi connectivity index (χ0n) is 29.5. The topological polar surface area (TPSA) is 183 Å². The molecule has 2 aromatic heterocycles. The van der Waals surface area contributed by atoms with Gasteiger partial charge >= 0.3 is 6.09 Å². The monoisotopic (exact) mass is 715 g/mol. The van der Waals surface area contributed by atoms with Gasteiger partial charge in [0.1, 0.15) is 11.3 Å². The minimum Gasteiger partial charge on any atom is -0.506 e. The fourth-order valence-corrected chi connectivity index (χ4v) is 7.51. The Kier molecular flexibility index (Phi) is 10.8. The van der Waals surface area contributed by atoms with Crippen molar-refractivity contribution < 1.29 is 20.1 Å². The standard InChI is InChI=1S/C41H45N7O5/c42-29-11-13-30(14-12-29)48(41(52)53)36-23-26(9-15-31(36)28-7-2-1-3-8-28)6-4-5-21-47-35-18-10-27(22-34(35)45-46-47)24-43-25-38(50)32-16-19-37(49)40-33(32)17-20-39(51)44-40/h1-3,7-10,15-20,22-23,29-30,38,43,49-50H,4-6,11-14,21,24-25,42H2,(H,44,51)(H,52,53). The Morgan fingerprint density at radius 1 is 0.962 bits per heavy atom. The summed E-state index contributed by atoms with van der Waals surface area (Å²) in [7, 11) is 0. The molecule has 1 amide bonds. The number of nitrogens with zero attached hydrogens (tertiary/aromatic N) is 4. The van der Waals surface area contributed by atoms with Gasteiger partial charge in [-0.1, -0.05) is 59.8 Å². The van der Waals surface area contributed by atoms with E-state index in [1.54, 1.807) is 17.0 Å². The predicted octanol–water partition coefficient (Wildman–Crippen LogP) is 6.25. The Balaban J connectivity index is 0.966. The number of benzene rings is 4. The number of aromatic amines is 1. The zero-order valence-corrected chi connectivity index (χ0v) is 29.5. The third-order valence-corrected chi connectivity index (χ3v) is 10.3. The maximum atomic E-state index is 12.7. The number of phenols is 1. The van der Waals surface area contributed by atoms with Crippen LogP contribution in [0.2, 0.25) is 0 Å². The molecule has 1 fully saturated rings. The fraction of sp³-hybridized carbons (Fsp3) is 0.317. The number of H-pyrrole nitrogens is 1. The number of aromatic nitrogens is 4. The Bertz CT molecular complexity index is 2260. The van der Waals surface area contributed by atoms with Crippen LogP contribution in [0.15, 0.2) is 95.8 Å². The number of carbonyl (C=O) groups is 1. The number of aromatic hydroxyl groups is 1.